The van der Waals surface area contributed by atoms with Crippen LogP contribution in [0.3, 0.4) is 0 Å². The van der Waals surface area contributed by atoms with Gasteiger partial charge in [-0.15, -0.1) is 0 Å². The van der Waals surface area contributed by atoms with Crippen LogP contribution in [0.1, 0.15) is 32.3 Å². The number of piperidine rings is 1. The lowest BCUT2D eigenvalue weighted by atomic mass is 9.80. The van der Waals surface area contributed by atoms with E-state index in [2.05, 4.69) is 55.4 Å². The van der Waals surface area contributed by atoms with Crippen LogP contribution < -0.4 is 10.2 Å². The minimum Gasteiger partial charge on any atom is -0.374 e. The van der Waals surface area contributed by atoms with Gasteiger partial charge in [0.15, 0.2) is 0 Å². The van der Waals surface area contributed by atoms with Gasteiger partial charge in [-0.1, -0.05) is 26.0 Å². The maximum Gasteiger partial charge on any atom is 0.0363 e. The van der Waals surface area contributed by atoms with Gasteiger partial charge in [0.2, 0.25) is 0 Å². The Morgan fingerprint density at radius 2 is 1.78 bits per heavy atom. The fourth-order valence-electron chi connectivity index (χ4n) is 2.84. The Bertz CT molecular complexity index is 363. The van der Waals surface area contributed by atoms with Crippen LogP contribution in [0, 0.1) is 5.41 Å². The Morgan fingerprint density at radius 1 is 1.17 bits per heavy atom. The molecule has 0 aliphatic carbocycles. The van der Waals surface area contributed by atoms with Gasteiger partial charge in [-0.25, -0.2) is 0 Å². The highest BCUT2D eigenvalue weighted by Crippen LogP contribution is 2.30. The van der Waals surface area contributed by atoms with Gasteiger partial charge in [0.1, 0.15) is 0 Å². The fourth-order valence-corrected chi connectivity index (χ4v) is 2.84. The second kappa shape index (κ2) is 5.75. The summed E-state index contributed by atoms with van der Waals surface area (Å²) in [6, 6.07) is 9.00. The quantitative estimate of drug-likeness (QED) is 0.878. The molecule has 0 bridgehead atoms. The largest absolute Gasteiger partial charge is 0.374 e. The van der Waals surface area contributed by atoms with Crippen molar-refractivity contribution in [1.82, 2.24) is 5.32 Å². The van der Waals surface area contributed by atoms with Crippen LogP contribution in [0.25, 0.3) is 0 Å². The Labute approximate surface area is 111 Å². The number of hydrogen-bond acceptors (Lipinski definition) is 2. The van der Waals surface area contributed by atoms with Gasteiger partial charge in [-0.3, -0.25) is 0 Å². The molecule has 0 spiro atoms. The summed E-state index contributed by atoms with van der Waals surface area (Å²) in [7, 11) is 2.22. The van der Waals surface area contributed by atoms with Crippen LogP contribution in [0.5, 0.6) is 0 Å². The lowest BCUT2D eigenvalue weighted by Crippen LogP contribution is -2.42. The maximum absolute atomic E-state index is 3.45. The molecule has 18 heavy (non-hydrogen) atoms. The van der Waals surface area contributed by atoms with E-state index < -0.39 is 0 Å². The Balaban J connectivity index is 1.99. The first-order chi connectivity index (χ1) is 8.63. The first-order valence-corrected chi connectivity index (χ1v) is 7.14. The molecule has 1 saturated heterocycles. The second-order valence-electron chi connectivity index (χ2n) is 5.94. The number of nitrogens with zero attached hydrogens (tertiary/aromatic N) is 1. The molecular formula is C16H26N2. The van der Waals surface area contributed by atoms with Gasteiger partial charge in [-0.05, 0) is 55.5 Å². The van der Waals surface area contributed by atoms with E-state index in [1.165, 1.54) is 37.2 Å². The predicted molar refractivity (Wildman–Crippen MR) is 79.3 cm³/mol. The van der Waals surface area contributed by atoms with Crippen LogP contribution in [0.15, 0.2) is 24.3 Å². The van der Waals surface area contributed by atoms with Crippen molar-refractivity contribution in [2.24, 2.45) is 5.41 Å². The van der Waals surface area contributed by atoms with Crippen LogP contribution in [-0.4, -0.2) is 26.7 Å². The normalized spacial score (nSPS) is 18.6. The minimum absolute atomic E-state index is 0.462. The van der Waals surface area contributed by atoms with E-state index in [1.807, 2.05) is 0 Å². The Hall–Kier alpha value is -1.02. The molecule has 0 radical (unpaired) electrons. The smallest absolute Gasteiger partial charge is 0.0363 e. The van der Waals surface area contributed by atoms with Crippen LogP contribution in [-0.2, 0) is 6.42 Å². The van der Waals surface area contributed by atoms with E-state index >= 15 is 0 Å². The van der Waals surface area contributed by atoms with Crippen molar-refractivity contribution >= 4 is 5.69 Å². The zero-order valence-electron chi connectivity index (χ0n) is 12.0. The molecule has 1 aliphatic heterocycles. The average molecular weight is 246 g/mol. The lowest BCUT2D eigenvalue weighted by Gasteiger charge is -2.38. The average Bonchev–Trinajstić information content (AvgIpc) is 2.39. The molecule has 1 heterocycles. The number of anilines is 1. The summed E-state index contributed by atoms with van der Waals surface area (Å²) in [5, 5.41) is 3.45. The molecule has 1 aromatic rings. The molecule has 1 aliphatic rings. The third kappa shape index (κ3) is 3.26. The van der Waals surface area contributed by atoms with Crippen molar-refractivity contribution in [2.75, 3.05) is 31.6 Å². The lowest BCUT2D eigenvalue weighted by molar-refractivity contribution is 0.237. The number of hydrogen-bond donors (Lipinski definition) is 1. The minimum atomic E-state index is 0.462. The van der Waals surface area contributed by atoms with Gasteiger partial charge in [0.05, 0.1) is 0 Å². The molecule has 100 valence electrons. The van der Waals surface area contributed by atoms with E-state index in [9.17, 15) is 0 Å². The zero-order valence-corrected chi connectivity index (χ0v) is 12.0. The van der Waals surface area contributed by atoms with E-state index in [0.29, 0.717) is 5.41 Å². The third-order valence-electron chi connectivity index (χ3n) is 4.21. The van der Waals surface area contributed by atoms with Crippen LogP contribution in [0.4, 0.5) is 5.69 Å². The standard InChI is InChI=1S/C16H26N2/c1-4-14-5-7-15(8-6-14)18(3)13-16(2)9-11-17-12-10-16/h5-8,17H,4,9-13H2,1-3H3. The van der Waals surface area contributed by atoms with Crippen molar-refractivity contribution in [1.29, 1.82) is 0 Å². The summed E-state index contributed by atoms with van der Waals surface area (Å²) >= 11 is 0. The number of nitrogens with one attached hydrogen (secondary N) is 1. The molecule has 1 aromatic carbocycles. The maximum atomic E-state index is 3.45. The SMILES string of the molecule is CCc1ccc(N(C)CC2(C)CCNCC2)cc1. The zero-order chi connectivity index (χ0) is 13.0. The van der Waals surface area contributed by atoms with Crippen molar-refractivity contribution in [3.63, 3.8) is 0 Å². The van der Waals surface area contributed by atoms with Crippen molar-refractivity contribution in [2.45, 2.75) is 33.1 Å². The van der Waals surface area contributed by atoms with Crippen LogP contribution in [0.2, 0.25) is 0 Å². The summed E-state index contributed by atoms with van der Waals surface area (Å²) in [6.45, 7) is 8.11. The molecule has 1 fully saturated rings. The molecule has 0 saturated carbocycles. The van der Waals surface area contributed by atoms with E-state index in [0.717, 1.165) is 13.0 Å². The fraction of sp³-hybridized carbons (Fsp3) is 0.625. The van der Waals surface area contributed by atoms with Crippen molar-refractivity contribution < 1.29 is 0 Å². The monoisotopic (exact) mass is 246 g/mol. The van der Waals surface area contributed by atoms with E-state index in [1.54, 1.807) is 0 Å². The third-order valence-corrected chi connectivity index (χ3v) is 4.21. The highest BCUT2D eigenvalue weighted by Gasteiger charge is 2.28. The van der Waals surface area contributed by atoms with Gasteiger partial charge in [0.25, 0.3) is 0 Å². The summed E-state index contributed by atoms with van der Waals surface area (Å²) in [5.41, 5.74) is 3.22. The molecule has 2 nitrogen and oxygen atoms in total. The van der Waals surface area contributed by atoms with Crippen molar-refractivity contribution in [3.8, 4) is 0 Å². The molecule has 2 heteroatoms. The molecule has 0 atom stereocenters. The van der Waals surface area contributed by atoms with E-state index in [4.69, 9.17) is 0 Å². The highest BCUT2D eigenvalue weighted by atomic mass is 15.1. The first-order valence-electron chi connectivity index (χ1n) is 7.14. The van der Waals surface area contributed by atoms with Crippen molar-refractivity contribution in [3.05, 3.63) is 29.8 Å². The Kier molecular flexibility index (Phi) is 4.28. The van der Waals surface area contributed by atoms with E-state index in [-0.39, 0.29) is 0 Å². The first kappa shape index (κ1) is 13.4. The second-order valence-corrected chi connectivity index (χ2v) is 5.94. The predicted octanol–water partition coefficient (Wildman–Crippen LogP) is 3.07. The summed E-state index contributed by atoms with van der Waals surface area (Å²) in [5.74, 6) is 0. The molecular weight excluding hydrogens is 220 g/mol. The summed E-state index contributed by atoms with van der Waals surface area (Å²) < 4.78 is 0. The van der Waals surface area contributed by atoms with Crippen LogP contribution >= 0.6 is 0 Å². The Morgan fingerprint density at radius 3 is 2.33 bits per heavy atom. The topological polar surface area (TPSA) is 15.3 Å². The summed E-state index contributed by atoms with van der Waals surface area (Å²) in [4.78, 5) is 2.41. The van der Waals surface area contributed by atoms with Gasteiger partial charge in [-0.2, -0.15) is 0 Å². The summed E-state index contributed by atoms with van der Waals surface area (Å²) in [6.07, 6.45) is 3.68. The van der Waals surface area contributed by atoms with Gasteiger partial charge >= 0.3 is 0 Å². The molecule has 0 aromatic heterocycles. The molecule has 0 amide bonds. The molecule has 2 rings (SSSR count). The molecule has 1 N–H and O–H groups in total. The number of benzene rings is 1. The van der Waals surface area contributed by atoms with Gasteiger partial charge in [0, 0.05) is 19.3 Å². The number of aryl methyl sites for hydroxylation is 1. The molecule has 0 unspecified atom stereocenters. The van der Waals surface area contributed by atoms with Gasteiger partial charge < -0.3 is 10.2 Å². The highest BCUT2D eigenvalue weighted by molar-refractivity contribution is 5.47. The number of rotatable bonds is 4.